The highest BCUT2D eigenvalue weighted by Crippen LogP contribution is 2.20. The molecule has 0 aliphatic carbocycles. The molecule has 1 aromatic carbocycles. The first-order valence-corrected chi connectivity index (χ1v) is 8.56. The average Bonchev–Trinajstić information content (AvgIpc) is 2.62. The number of hydrogen-bond donors (Lipinski definition) is 1. The van der Waals surface area contributed by atoms with Crippen molar-refractivity contribution in [2.24, 2.45) is 0 Å². The Labute approximate surface area is 140 Å². The molecule has 0 spiro atoms. The Morgan fingerprint density at radius 3 is 2.96 bits per heavy atom. The predicted octanol–water partition coefficient (Wildman–Crippen LogP) is 1.55. The van der Waals surface area contributed by atoms with Gasteiger partial charge in [0.1, 0.15) is 0 Å². The number of fused-ring (bicyclic) bond motifs is 1. The van der Waals surface area contributed by atoms with Gasteiger partial charge < -0.3 is 10.0 Å². The van der Waals surface area contributed by atoms with Crippen molar-refractivity contribution in [1.29, 1.82) is 0 Å². The maximum Gasteiger partial charge on any atom is 0.224 e. The lowest BCUT2D eigenvalue weighted by Crippen LogP contribution is -2.44. The zero-order chi connectivity index (χ0) is 16.9. The van der Waals surface area contributed by atoms with Gasteiger partial charge in [0.2, 0.25) is 11.3 Å². The second kappa shape index (κ2) is 7.57. The molecule has 1 N–H and O–H groups in total. The molecule has 128 valence electrons. The third-order valence-electron chi connectivity index (χ3n) is 4.71. The van der Waals surface area contributed by atoms with Gasteiger partial charge in [0, 0.05) is 31.0 Å². The summed E-state index contributed by atoms with van der Waals surface area (Å²) in [7, 11) is 0. The molecular weight excluding hydrogens is 306 g/mol. The van der Waals surface area contributed by atoms with Crippen molar-refractivity contribution in [2.75, 3.05) is 13.2 Å². The Bertz CT molecular complexity index is 769. The third kappa shape index (κ3) is 3.48. The van der Waals surface area contributed by atoms with E-state index in [-0.39, 0.29) is 24.0 Å². The number of carbonyl (C=O) groups is 1. The van der Waals surface area contributed by atoms with Crippen LogP contribution >= 0.6 is 0 Å². The van der Waals surface area contributed by atoms with Crippen LogP contribution in [0.1, 0.15) is 32.1 Å². The van der Waals surface area contributed by atoms with E-state index in [1.54, 1.807) is 10.7 Å². The number of amides is 1. The summed E-state index contributed by atoms with van der Waals surface area (Å²) >= 11 is 0. The molecule has 1 unspecified atom stereocenters. The van der Waals surface area contributed by atoms with Crippen LogP contribution in [0.15, 0.2) is 35.3 Å². The molecule has 2 aromatic rings. The molecule has 3 rings (SSSR count). The van der Waals surface area contributed by atoms with Crippen molar-refractivity contribution in [1.82, 2.24) is 14.7 Å². The summed E-state index contributed by atoms with van der Waals surface area (Å²) in [5.74, 6) is 0.0951. The third-order valence-corrected chi connectivity index (χ3v) is 4.71. The van der Waals surface area contributed by atoms with E-state index >= 15 is 0 Å². The first kappa shape index (κ1) is 16.6. The van der Waals surface area contributed by atoms with Gasteiger partial charge in [0.15, 0.2) is 0 Å². The van der Waals surface area contributed by atoms with E-state index in [1.165, 1.54) is 6.20 Å². The van der Waals surface area contributed by atoms with E-state index in [1.807, 2.05) is 23.1 Å². The summed E-state index contributed by atoms with van der Waals surface area (Å²) in [5, 5.41) is 14.0. The van der Waals surface area contributed by atoms with E-state index in [9.17, 15) is 14.7 Å². The van der Waals surface area contributed by atoms with Crippen LogP contribution in [0.2, 0.25) is 0 Å². The number of aromatic nitrogens is 2. The zero-order valence-electron chi connectivity index (χ0n) is 13.7. The summed E-state index contributed by atoms with van der Waals surface area (Å²) in [5.41, 5.74) is 0.649. The number of benzene rings is 1. The van der Waals surface area contributed by atoms with Crippen LogP contribution in [0.5, 0.6) is 0 Å². The lowest BCUT2D eigenvalue weighted by Gasteiger charge is -2.35. The molecule has 2 heterocycles. The first-order chi connectivity index (χ1) is 11.7. The Hall–Kier alpha value is -2.21. The fourth-order valence-corrected chi connectivity index (χ4v) is 3.46. The standard InChI is InChI=1S/C18H23N3O3/c22-12-9-14-5-3-4-10-20(14)18(24)8-11-21-16-7-2-1-6-15(16)17(23)13-19-21/h1-2,6-7,13-14,22H,3-5,8-12H2. The molecule has 24 heavy (non-hydrogen) atoms. The number of carbonyl (C=O) groups excluding carboxylic acids is 1. The highest BCUT2D eigenvalue weighted by atomic mass is 16.3. The number of rotatable bonds is 5. The monoisotopic (exact) mass is 329 g/mol. The van der Waals surface area contributed by atoms with E-state index in [2.05, 4.69) is 5.10 Å². The highest BCUT2D eigenvalue weighted by molar-refractivity contribution is 5.79. The van der Waals surface area contributed by atoms with Gasteiger partial charge in [-0.2, -0.15) is 5.10 Å². The summed E-state index contributed by atoms with van der Waals surface area (Å²) < 4.78 is 1.72. The molecule has 0 radical (unpaired) electrons. The number of aliphatic hydroxyl groups excluding tert-OH is 1. The Morgan fingerprint density at radius 2 is 2.12 bits per heavy atom. The van der Waals surface area contributed by atoms with Crippen LogP contribution in [-0.2, 0) is 11.3 Å². The Kier molecular flexibility index (Phi) is 5.25. The van der Waals surface area contributed by atoms with Gasteiger partial charge >= 0.3 is 0 Å². The maximum atomic E-state index is 12.6. The molecule has 0 bridgehead atoms. The molecule has 1 atom stereocenters. The van der Waals surface area contributed by atoms with E-state index in [4.69, 9.17) is 0 Å². The van der Waals surface area contributed by atoms with Gasteiger partial charge in [-0.25, -0.2) is 0 Å². The molecule has 0 saturated carbocycles. The molecule has 1 aliphatic heterocycles. The minimum Gasteiger partial charge on any atom is -0.396 e. The fraction of sp³-hybridized carbons (Fsp3) is 0.500. The number of hydrogen-bond acceptors (Lipinski definition) is 4. The summed E-state index contributed by atoms with van der Waals surface area (Å²) in [4.78, 5) is 26.4. The summed E-state index contributed by atoms with van der Waals surface area (Å²) in [6.07, 6.45) is 5.40. The number of aryl methyl sites for hydroxylation is 1. The highest BCUT2D eigenvalue weighted by Gasteiger charge is 2.25. The lowest BCUT2D eigenvalue weighted by atomic mass is 9.99. The zero-order valence-corrected chi connectivity index (χ0v) is 13.7. The number of piperidine rings is 1. The molecule has 6 heteroatoms. The maximum absolute atomic E-state index is 12.6. The fourth-order valence-electron chi connectivity index (χ4n) is 3.46. The van der Waals surface area contributed by atoms with Crippen LogP contribution in [0.4, 0.5) is 0 Å². The van der Waals surface area contributed by atoms with Gasteiger partial charge in [-0.3, -0.25) is 14.3 Å². The second-order valence-electron chi connectivity index (χ2n) is 6.25. The van der Waals surface area contributed by atoms with E-state index < -0.39 is 0 Å². The normalized spacial score (nSPS) is 18.0. The molecule has 6 nitrogen and oxygen atoms in total. The number of nitrogens with zero attached hydrogens (tertiary/aromatic N) is 3. The Morgan fingerprint density at radius 1 is 1.29 bits per heavy atom. The van der Waals surface area contributed by atoms with Crippen LogP contribution < -0.4 is 5.43 Å². The second-order valence-corrected chi connectivity index (χ2v) is 6.25. The molecule has 1 amide bonds. The van der Waals surface area contributed by atoms with Gasteiger partial charge in [-0.05, 0) is 37.8 Å². The van der Waals surface area contributed by atoms with Gasteiger partial charge in [0.25, 0.3) is 0 Å². The summed E-state index contributed by atoms with van der Waals surface area (Å²) in [6.45, 7) is 1.32. The van der Waals surface area contributed by atoms with Crippen LogP contribution in [0.3, 0.4) is 0 Å². The van der Waals surface area contributed by atoms with Crippen molar-refractivity contribution in [3.05, 3.63) is 40.7 Å². The number of para-hydroxylation sites is 1. The van der Waals surface area contributed by atoms with Gasteiger partial charge in [0.05, 0.1) is 18.3 Å². The van der Waals surface area contributed by atoms with Crippen molar-refractivity contribution in [2.45, 2.75) is 44.7 Å². The number of likely N-dealkylation sites (tertiary alicyclic amines) is 1. The minimum atomic E-state index is -0.104. The van der Waals surface area contributed by atoms with E-state index in [0.29, 0.717) is 24.8 Å². The molecular formula is C18H23N3O3. The molecule has 1 aromatic heterocycles. The van der Waals surface area contributed by atoms with Crippen molar-refractivity contribution < 1.29 is 9.90 Å². The number of aliphatic hydroxyl groups is 1. The van der Waals surface area contributed by atoms with Crippen LogP contribution in [0.25, 0.3) is 10.9 Å². The lowest BCUT2D eigenvalue weighted by molar-refractivity contribution is -0.135. The van der Waals surface area contributed by atoms with Crippen molar-refractivity contribution >= 4 is 16.8 Å². The minimum absolute atomic E-state index is 0.0951. The largest absolute Gasteiger partial charge is 0.396 e. The van der Waals surface area contributed by atoms with Crippen LogP contribution in [-0.4, -0.2) is 44.9 Å². The molecule has 1 saturated heterocycles. The smallest absolute Gasteiger partial charge is 0.224 e. The average molecular weight is 329 g/mol. The Balaban J connectivity index is 1.72. The van der Waals surface area contributed by atoms with Gasteiger partial charge in [-0.1, -0.05) is 12.1 Å². The predicted molar refractivity (Wildman–Crippen MR) is 91.7 cm³/mol. The van der Waals surface area contributed by atoms with Gasteiger partial charge in [-0.15, -0.1) is 0 Å². The topological polar surface area (TPSA) is 75.4 Å². The van der Waals surface area contributed by atoms with Crippen molar-refractivity contribution in [3.8, 4) is 0 Å². The van der Waals surface area contributed by atoms with Crippen LogP contribution in [0, 0.1) is 0 Å². The molecule has 1 fully saturated rings. The molecule has 1 aliphatic rings. The quantitative estimate of drug-likeness (QED) is 0.903. The first-order valence-electron chi connectivity index (χ1n) is 8.56. The summed E-state index contributed by atoms with van der Waals surface area (Å²) in [6, 6.07) is 7.47. The van der Waals surface area contributed by atoms with E-state index in [0.717, 1.165) is 31.3 Å². The van der Waals surface area contributed by atoms with Crippen molar-refractivity contribution in [3.63, 3.8) is 0 Å². The SMILES string of the molecule is O=C(CCn1ncc(=O)c2ccccc21)N1CCCCC1CCO.